The van der Waals surface area contributed by atoms with E-state index in [0.717, 1.165) is 9.47 Å². The van der Waals surface area contributed by atoms with Crippen molar-refractivity contribution in [3.8, 4) is 11.5 Å². The largest absolute Gasteiger partial charge is 0.486 e. The quantitative estimate of drug-likeness (QED) is 0.678. The van der Waals surface area contributed by atoms with Crippen molar-refractivity contribution in [1.82, 2.24) is 10.2 Å². The molecular formula is C19H24N4O3S2. The normalized spacial score (nSPS) is 17.8. The third-order valence-electron chi connectivity index (χ3n) is 4.80. The van der Waals surface area contributed by atoms with Crippen LogP contribution in [-0.2, 0) is 4.79 Å². The van der Waals surface area contributed by atoms with Crippen LogP contribution in [0.2, 0.25) is 0 Å². The number of anilines is 2. The van der Waals surface area contributed by atoms with Gasteiger partial charge in [-0.25, -0.2) is 0 Å². The molecule has 2 N–H and O–H groups in total. The maximum Gasteiger partial charge on any atom is 0.237 e. The van der Waals surface area contributed by atoms with Gasteiger partial charge in [0.15, 0.2) is 15.8 Å². The first-order chi connectivity index (χ1) is 13.7. The highest BCUT2D eigenvalue weighted by atomic mass is 32.2. The molecule has 9 heteroatoms. The van der Waals surface area contributed by atoms with Crippen molar-refractivity contribution in [2.75, 3.05) is 23.8 Å². The number of fused-ring (bicyclic) bond motifs is 1. The zero-order valence-corrected chi connectivity index (χ0v) is 17.4. The molecule has 1 aliphatic carbocycles. The van der Waals surface area contributed by atoms with Gasteiger partial charge in [0, 0.05) is 17.8 Å². The molecular weight excluding hydrogens is 396 g/mol. The number of ether oxygens (including phenoxy) is 2. The van der Waals surface area contributed by atoms with Crippen molar-refractivity contribution in [2.24, 2.45) is 0 Å². The van der Waals surface area contributed by atoms with E-state index < -0.39 is 0 Å². The molecule has 4 rings (SSSR count). The number of carbonyl (C=O) groups excluding carboxylic acids is 1. The summed E-state index contributed by atoms with van der Waals surface area (Å²) in [5, 5.41) is 15.4. The number of thioether (sulfide) groups is 1. The Morgan fingerprint density at radius 1 is 1.18 bits per heavy atom. The van der Waals surface area contributed by atoms with Gasteiger partial charge < -0.3 is 20.1 Å². The van der Waals surface area contributed by atoms with Crippen molar-refractivity contribution in [2.45, 2.75) is 54.7 Å². The van der Waals surface area contributed by atoms with Crippen molar-refractivity contribution < 1.29 is 14.3 Å². The van der Waals surface area contributed by atoms with E-state index in [0.29, 0.717) is 36.4 Å². The Morgan fingerprint density at radius 3 is 2.79 bits per heavy atom. The first-order valence-corrected chi connectivity index (χ1v) is 11.3. The summed E-state index contributed by atoms with van der Waals surface area (Å²) in [6, 6.07) is 5.92. The van der Waals surface area contributed by atoms with Crippen LogP contribution in [0, 0.1) is 0 Å². The van der Waals surface area contributed by atoms with Crippen LogP contribution in [0.1, 0.15) is 39.0 Å². The molecule has 1 saturated carbocycles. The second-order valence-corrected chi connectivity index (χ2v) is 9.53. The van der Waals surface area contributed by atoms with Gasteiger partial charge in [-0.05, 0) is 31.9 Å². The van der Waals surface area contributed by atoms with E-state index in [1.54, 1.807) is 6.07 Å². The highest BCUT2D eigenvalue weighted by molar-refractivity contribution is 8.02. The minimum absolute atomic E-state index is 0.0846. The predicted octanol–water partition coefficient (Wildman–Crippen LogP) is 4.17. The lowest BCUT2D eigenvalue weighted by atomic mass is 9.96. The Balaban J connectivity index is 1.30. The monoisotopic (exact) mass is 420 g/mol. The molecule has 1 atom stereocenters. The zero-order valence-electron chi connectivity index (χ0n) is 15.8. The van der Waals surface area contributed by atoms with Crippen molar-refractivity contribution in [3.63, 3.8) is 0 Å². The fourth-order valence-electron chi connectivity index (χ4n) is 3.31. The summed E-state index contributed by atoms with van der Waals surface area (Å²) >= 11 is 2.93. The van der Waals surface area contributed by atoms with Crippen LogP contribution in [0.3, 0.4) is 0 Å². The molecule has 0 radical (unpaired) electrons. The average molecular weight is 421 g/mol. The summed E-state index contributed by atoms with van der Waals surface area (Å²) in [6.45, 7) is 2.93. The third kappa shape index (κ3) is 4.88. The lowest BCUT2D eigenvalue weighted by Gasteiger charge is -2.21. The molecule has 1 aromatic carbocycles. The van der Waals surface area contributed by atoms with Crippen LogP contribution in [-0.4, -0.2) is 40.6 Å². The summed E-state index contributed by atoms with van der Waals surface area (Å²) < 4.78 is 11.9. The van der Waals surface area contributed by atoms with Crippen LogP contribution >= 0.6 is 23.1 Å². The highest BCUT2D eigenvalue weighted by Gasteiger charge is 2.20. The van der Waals surface area contributed by atoms with Gasteiger partial charge in [0.25, 0.3) is 0 Å². The van der Waals surface area contributed by atoms with E-state index in [1.165, 1.54) is 55.2 Å². The topological polar surface area (TPSA) is 85.4 Å². The van der Waals surface area contributed by atoms with E-state index >= 15 is 0 Å². The van der Waals surface area contributed by atoms with Gasteiger partial charge >= 0.3 is 0 Å². The minimum atomic E-state index is -0.288. The maximum absolute atomic E-state index is 12.5. The fraction of sp³-hybridized carbons (Fsp3) is 0.526. The van der Waals surface area contributed by atoms with Gasteiger partial charge in [-0.2, -0.15) is 0 Å². The number of hydrogen-bond donors (Lipinski definition) is 2. The molecule has 1 amide bonds. The van der Waals surface area contributed by atoms with Gasteiger partial charge in [-0.3, -0.25) is 4.79 Å². The number of aromatic nitrogens is 2. The van der Waals surface area contributed by atoms with Gasteiger partial charge in [0.2, 0.25) is 11.0 Å². The molecule has 1 fully saturated rings. The van der Waals surface area contributed by atoms with Gasteiger partial charge in [0.1, 0.15) is 13.2 Å². The fourth-order valence-corrected chi connectivity index (χ4v) is 5.28. The number of nitrogens with zero attached hydrogens (tertiary/aromatic N) is 2. The number of amides is 1. The van der Waals surface area contributed by atoms with E-state index in [4.69, 9.17) is 9.47 Å². The summed E-state index contributed by atoms with van der Waals surface area (Å²) in [7, 11) is 0. The van der Waals surface area contributed by atoms with Gasteiger partial charge in [-0.15, -0.1) is 10.2 Å². The smallest absolute Gasteiger partial charge is 0.237 e. The van der Waals surface area contributed by atoms with E-state index in [2.05, 4.69) is 20.8 Å². The Kier molecular flexibility index (Phi) is 6.21. The second-order valence-electron chi connectivity index (χ2n) is 6.96. The molecule has 2 aromatic rings. The lowest BCUT2D eigenvalue weighted by molar-refractivity contribution is -0.115. The van der Waals surface area contributed by atoms with E-state index in [9.17, 15) is 4.79 Å². The minimum Gasteiger partial charge on any atom is -0.486 e. The van der Waals surface area contributed by atoms with E-state index in [-0.39, 0.29) is 11.2 Å². The second kappa shape index (κ2) is 9.00. The Bertz CT molecular complexity index is 823. The molecule has 1 aliphatic heterocycles. The number of hydrogen-bond acceptors (Lipinski definition) is 8. The van der Waals surface area contributed by atoms with Crippen molar-refractivity contribution in [1.29, 1.82) is 0 Å². The van der Waals surface area contributed by atoms with Gasteiger partial charge in [0.05, 0.1) is 5.25 Å². The Morgan fingerprint density at radius 2 is 1.96 bits per heavy atom. The summed E-state index contributed by atoms with van der Waals surface area (Å²) in [4.78, 5) is 12.5. The summed E-state index contributed by atoms with van der Waals surface area (Å²) in [5.41, 5.74) is 0.693. The average Bonchev–Trinajstić information content (AvgIpc) is 3.15. The Hall–Kier alpha value is -2.00. The number of rotatable bonds is 6. The number of carbonyl (C=O) groups is 1. The molecule has 150 valence electrons. The molecule has 1 unspecified atom stereocenters. The molecule has 2 aliphatic rings. The predicted molar refractivity (Wildman–Crippen MR) is 112 cm³/mol. The molecule has 0 saturated heterocycles. The van der Waals surface area contributed by atoms with Crippen LogP contribution < -0.4 is 20.1 Å². The SMILES string of the molecule is CC(Sc1nnc(NC2CCCCC2)s1)C(=O)Nc1ccc2c(c1)OCCO2. The van der Waals surface area contributed by atoms with Crippen LogP contribution in [0.25, 0.3) is 0 Å². The standard InChI is InChI=1S/C19H24N4O3S2/c1-12(17(24)20-14-7-8-15-16(11-14)26-10-9-25-15)27-19-23-22-18(28-19)21-13-5-3-2-4-6-13/h7-8,11-13H,2-6,9-10H2,1H3,(H,20,24)(H,21,22). The first kappa shape index (κ1) is 19.3. The molecule has 28 heavy (non-hydrogen) atoms. The Labute approximate surface area is 172 Å². The van der Waals surface area contributed by atoms with E-state index in [1.807, 2.05) is 19.1 Å². The van der Waals surface area contributed by atoms with Gasteiger partial charge in [-0.1, -0.05) is 42.4 Å². The molecule has 2 heterocycles. The third-order valence-corrected chi connectivity index (χ3v) is 6.83. The van der Waals surface area contributed by atoms with Crippen molar-refractivity contribution in [3.05, 3.63) is 18.2 Å². The number of nitrogens with one attached hydrogen (secondary N) is 2. The molecule has 0 bridgehead atoms. The lowest BCUT2D eigenvalue weighted by Crippen LogP contribution is -2.22. The highest BCUT2D eigenvalue weighted by Crippen LogP contribution is 2.34. The first-order valence-electron chi connectivity index (χ1n) is 9.64. The molecule has 7 nitrogen and oxygen atoms in total. The summed E-state index contributed by atoms with van der Waals surface area (Å²) in [6.07, 6.45) is 6.25. The molecule has 1 aromatic heterocycles. The summed E-state index contributed by atoms with van der Waals surface area (Å²) in [5.74, 6) is 1.28. The zero-order chi connectivity index (χ0) is 19.3. The van der Waals surface area contributed by atoms with Crippen molar-refractivity contribution >= 4 is 39.8 Å². The maximum atomic E-state index is 12.5. The van der Waals surface area contributed by atoms with Crippen LogP contribution in [0.5, 0.6) is 11.5 Å². The number of benzene rings is 1. The molecule has 0 spiro atoms. The van der Waals surface area contributed by atoms with Crippen LogP contribution in [0.15, 0.2) is 22.5 Å². The van der Waals surface area contributed by atoms with Crippen LogP contribution in [0.4, 0.5) is 10.8 Å².